The zero-order valence-electron chi connectivity index (χ0n) is 16.4. The summed E-state index contributed by atoms with van der Waals surface area (Å²) in [6.07, 6.45) is 2.48. The minimum Gasteiger partial charge on any atom is -0.374 e. The number of ether oxygens (including phenoxy) is 1. The number of aromatic nitrogens is 1. The van der Waals surface area contributed by atoms with Crippen LogP contribution >= 0.6 is 0 Å². The van der Waals surface area contributed by atoms with Crippen molar-refractivity contribution in [3.8, 4) is 0 Å². The van der Waals surface area contributed by atoms with E-state index < -0.39 is 6.23 Å². The van der Waals surface area contributed by atoms with Crippen LogP contribution in [0.25, 0.3) is 0 Å². The summed E-state index contributed by atoms with van der Waals surface area (Å²) >= 11 is 0. The lowest BCUT2D eigenvalue weighted by Gasteiger charge is -2.22. The van der Waals surface area contributed by atoms with Crippen LogP contribution in [0.4, 0.5) is 0 Å². The van der Waals surface area contributed by atoms with Gasteiger partial charge in [0.05, 0.1) is 24.9 Å². The van der Waals surface area contributed by atoms with E-state index >= 15 is 0 Å². The zero-order chi connectivity index (χ0) is 19.5. The standard InChI is InChI=1S/C22H29N3O3/c1-2-18(16-6-4-3-5-7-16)24-22(27)19-12-17(20-14-28-11-10-25(19)20)21(26)23-13-15-8-9-15/h3-7,12,15,18,21,23,26H,2,8-11,13-14H2,1H3,(H,24,27)/t18-,21?/m0/s1. The van der Waals surface area contributed by atoms with Crippen molar-refractivity contribution in [1.29, 1.82) is 0 Å². The highest BCUT2D eigenvalue weighted by molar-refractivity contribution is 5.93. The summed E-state index contributed by atoms with van der Waals surface area (Å²) in [5, 5.41) is 17.0. The molecular formula is C22H29N3O3. The number of carbonyl (C=O) groups excluding carboxylic acids is 1. The number of nitrogens with one attached hydrogen (secondary N) is 2. The van der Waals surface area contributed by atoms with E-state index in [-0.39, 0.29) is 11.9 Å². The summed E-state index contributed by atoms with van der Waals surface area (Å²) < 4.78 is 7.59. The average Bonchev–Trinajstić information content (AvgIpc) is 3.49. The fourth-order valence-electron chi connectivity index (χ4n) is 3.82. The summed E-state index contributed by atoms with van der Waals surface area (Å²) in [6.45, 7) is 4.48. The van der Waals surface area contributed by atoms with E-state index in [1.807, 2.05) is 41.0 Å². The molecule has 150 valence electrons. The van der Waals surface area contributed by atoms with Crippen LogP contribution in [0.3, 0.4) is 0 Å². The monoisotopic (exact) mass is 383 g/mol. The van der Waals surface area contributed by atoms with Crippen molar-refractivity contribution in [2.24, 2.45) is 5.92 Å². The highest BCUT2D eigenvalue weighted by Crippen LogP contribution is 2.30. The maximum Gasteiger partial charge on any atom is 0.268 e. The number of benzene rings is 1. The van der Waals surface area contributed by atoms with Crippen molar-refractivity contribution in [2.75, 3.05) is 13.2 Å². The molecular weight excluding hydrogens is 354 g/mol. The summed E-state index contributed by atoms with van der Waals surface area (Å²) in [7, 11) is 0. The van der Waals surface area contributed by atoms with Crippen LogP contribution in [-0.4, -0.2) is 28.7 Å². The summed E-state index contributed by atoms with van der Waals surface area (Å²) in [4.78, 5) is 13.1. The van der Waals surface area contributed by atoms with Crippen LogP contribution in [0.2, 0.25) is 0 Å². The van der Waals surface area contributed by atoms with E-state index in [4.69, 9.17) is 4.74 Å². The number of nitrogens with zero attached hydrogens (tertiary/aromatic N) is 1. The van der Waals surface area contributed by atoms with Crippen molar-refractivity contribution in [3.63, 3.8) is 0 Å². The second kappa shape index (κ2) is 8.47. The van der Waals surface area contributed by atoms with E-state index in [0.717, 1.165) is 29.8 Å². The predicted molar refractivity (Wildman–Crippen MR) is 107 cm³/mol. The molecule has 2 heterocycles. The van der Waals surface area contributed by atoms with Gasteiger partial charge in [0.2, 0.25) is 0 Å². The van der Waals surface area contributed by atoms with E-state index in [2.05, 4.69) is 17.6 Å². The number of hydrogen-bond donors (Lipinski definition) is 3. The Balaban J connectivity index is 1.55. The Bertz CT molecular complexity index is 814. The predicted octanol–water partition coefficient (Wildman–Crippen LogP) is 2.89. The summed E-state index contributed by atoms with van der Waals surface area (Å²) in [5.74, 6) is 0.558. The smallest absolute Gasteiger partial charge is 0.268 e. The molecule has 4 rings (SSSR count). The van der Waals surface area contributed by atoms with Gasteiger partial charge in [0.15, 0.2) is 0 Å². The Hall–Kier alpha value is -2.15. The van der Waals surface area contributed by atoms with Gasteiger partial charge >= 0.3 is 0 Å². The normalized spacial score (nSPS) is 18.4. The Morgan fingerprint density at radius 3 is 2.82 bits per heavy atom. The molecule has 28 heavy (non-hydrogen) atoms. The molecule has 1 aromatic heterocycles. The lowest BCUT2D eigenvalue weighted by atomic mass is 10.0. The molecule has 1 saturated carbocycles. The molecule has 0 saturated heterocycles. The summed E-state index contributed by atoms with van der Waals surface area (Å²) in [6, 6.07) is 11.8. The third-order valence-electron chi connectivity index (χ3n) is 5.68. The molecule has 2 aliphatic rings. The first-order valence-electron chi connectivity index (χ1n) is 10.2. The number of carbonyl (C=O) groups is 1. The third kappa shape index (κ3) is 4.14. The quantitative estimate of drug-likeness (QED) is 0.613. The van der Waals surface area contributed by atoms with Gasteiger partial charge in [-0.1, -0.05) is 37.3 Å². The maximum absolute atomic E-state index is 13.1. The highest BCUT2D eigenvalue weighted by Gasteiger charge is 2.28. The SMILES string of the molecule is CC[C@H](NC(=O)c1cc(C(O)NCC2CC2)c2n1CCOC2)c1ccccc1. The van der Waals surface area contributed by atoms with Gasteiger partial charge in [0.1, 0.15) is 11.9 Å². The highest BCUT2D eigenvalue weighted by atomic mass is 16.5. The Morgan fingerprint density at radius 2 is 2.11 bits per heavy atom. The van der Waals surface area contributed by atoms with Crippen LogP contribution in [0.15, 0.2) is 36.4 Å². The van der Waals surface area contributed by atoms with Crippen LogP contribution in [0.5, 0.6) is 0 Å². The molecule has 1 aromatic carbocycles. The first-order valence-corrected chi connectivity index (χ1v) is 10.2. The topological polar surface area (TPSA) is 75.5 Å². The number of fused-ring (bicyclic) bond motifs is 1. The van der Waals surface area contributed by atoms with Gasteiger partial charge in [-0.15, -0.1) is 0 Å². The van der Waals surface area contributed by atoms with Crippen LogP contribution in [0, 0.1) is 5.92 Å². The number of amides is 1. The molecule has 1 unspecified atom stereocenters. The van der Waals surface area contributed by atoms with Crippen LogP contribution < -0.4 is 10.6 Å². The molecule has 2 aromatic rings. The number of aliphatic hydroxyl groups is 1. The van der Waals surface area contributed by atoms with E-state index in [1.165, 1.54) is 12.8 Å². The molecule has 2 atom stereocenters. The summed E-state index contributed by atoms with van der Waals surface area (Å²) in [5.41, 5.74) is 3.33. The minimum atomic E-state index is -0.777. The van der Waals surface area contributed by atoms with Crippen LogP contribution in [0.1, 0.15) is 65.8 Å². The van der Waals surface area contributed by atoms with E-state index in [1.54, 1.807) is 0 Å². The Labute approximate surface area is 165 Å². The second-order valence-electron chi connectivity index (χ2n) is 7.73. The number of hydrogen-bond acceptors (Lipinski definition) is 4. The van der Waals surface area contributed by atoms with Gasteiger partial charge in [-0.05, 0) is 36.8 Å². The first kappa shape index (κ1) is 19.2. The van der Waals surface area contributed by atoms with E-state index in [0.29, 0.717) is 31.4 Å². The van der Waals surface area contributed by atoms with Crippen molar-refractivity contribution in [1.82, 2.24) is 15.2 Å². The average molecular weight is 383 g/mol. The molecule has 3 N–H and O–H groups in total. The molecule has 0 spiro atoms. The fourth-order valence-corrected chi connectivity index (χ4v) is 3.82. The van der Waals surface area contributed by atoms with Crippen molar-refractivity contribution < 1.29 is 14.6 Å². The molecule has 6 heteroatoms. The molecule has 0 radical (unpaired) electrons. The minimum absolute atomic E-state index is 0.0407. The van der Waals surface area contributed by atoms with Crippen molar-refractivity contribution >= 4 is 5.91 Å². The zero-order valence-corrected chi connectivity index (χ0v) is 16.4. The largest absolute Gasteiger partial charge is 0.374 e. The van der Waals surface area contributed by atoms with Gasteiger partial charge in [0.25, 0.3) is 5.91 Å². The lowest BCUT2D eigenvalue weighted by Crippen LogP contribution is -2.31. The first-order chi connectivity index (χ1) is 13.7. The molecule has 1 fully saturated rings. The Morgan fingerprint density at radius 1 is 1.32 bits per heavy atom. The van der Waals surface area contributed by atoms with Gasteiger partial charge in [-0.25, -0.2) is 0 Å². The maximum atomic E-state index is 13.1. The van der Waals surface area contributed by atoms with E-state index in [9.17, 15) is 9.90 Å². The molecule has 1 amide bonds. The number of rotatable bonds is 8. The Kier molecular flexibility index (Phi) is 5.80. The molecule has 1 aliphatic heterocycles. The van der Waals surface area contributed by atoms with Crippen molar-refractivity contribution in [2.45, 2.75) is 51.6 Å². The van der Waals surface area contributed by atoms with Gasteiger partial charge < -0.3 is 19.7 Å². The number of aliphatic hydroxyl groups excluding tert-OH is 1. The van der Waals surface area contributed by atoms with Crippen molar-refractivity contribution in [3.05, 3.63) is 58.9 Å². The fraction of sp³-hybridized carbons (Fsp3) is 0.500. The second-order valence-corrected chi connectivity index (χ2v) is 7.73. The van der Waals surface area contributed by atoms with Gasteiger partial charge in [-0.3, -0.25) is 10.1 Å². The molecule has 1 aliphatic carbocycles. The molecule has 6 nitrogen and oxygen atoms in total. The van der Waals surface area contributed by atoms with Crippen LogP contribution in [-0.2, 0) is 17.9 Å². The van der Waals surface area contributed by atoms with Gasteiger partial charge in [0, 0.05) is 18.7 Å². The third-order valence-corrected chi connectivity index (χ3v) is 5.68. The molecule has 0 bridgehead atoms. The lowest BCUT2D eigenvalue weighted by molar-refractivity contribution is 0.0748. The van der Waals surface area contributed by atoms with Gasteiger partial charge in [-0.2, -0.15) is 0 Å².